The van der Waals surface area contributed by atoms with Crippen LogP contribution in [-0.4, -0.2) is 71.4 Å². The van der Waals surface area contributed by atoms with Crippen molar-refractivity contribution in [3.8, 4) is 16.9 Å². The maximum Gasteiger partial charge on any atom is 0.229 e. The summed E-state index contributed by atoms with van der Waals surface area (Å²) in [5.41, 5.74) is 5.89. The van der Waals surface area contributed by atoms with Crippen LogP contribution in [0.1, 0.15) is 0 Å². The summed E-state index contributed by atoms with van der Waals surface area (Å²) >= 11 is 3.64. The average Bonchev–Trinajstić information content (AvgIpc) is 3.44. The summed E-state index contributed by atoms with van der Waals surface area (Å²) in [7, 11) is 3.19. The highest BCUT2D eigenvalue weighted by Crippen LogP contribution is 2.41. The molecule has 1 aliphatic rings. The number of pyridine rings is 1. The smallest absolute Gasteiger partial charge is 0.229 e. The lowest BCUT2D eigenvalue weighted by Gasteiger charge is -2.31. The minimum atomic E-state index is -0.417. The van der Waals surface area contributed by atoms with Crippen molar-refractivity contribution >= 4 is 81.3 Å². The summed E-state index contributed by atoms with van der Waals surface area (Å²) in [6, 6.07) is 12.4. The van der Waals surface area contributed by atoms with Crippen molar-refractivity contribution < 1.29 is 4.74 Å². The van der Waals surface area contributed by atoms with Crippen molar-refractivity contribution in [2.75, 3.05) is 62.2 Å². The Kier molecular flexibility index (Phi) is 9.66. The fourth-order valence-electron chi connectivity index (χ4n) is 5.26. The van der Waals surface area contributed by atoms with Crippen LogP contribution in [-0.2, 0) is 7.05 Å². The van der Waals surface area contributed by atoms with Gasteiger partial charge in [-0.25, -0.2) is 4.98 Å². The number of halogens is 2. The Morgan fingerprint density at radius 1 is 1.00 bits per heavy atom. The van der Waals surface area contributed by atoms with Crippen LogP contribution in [0.15, 0.2) is 65.7 Å². The Labute approximate surface area is 267 Å². The lowest BCUT2D eigenvalue weighted by Crippen LogP contribution is -2.43. The molecule has 1 fully saturated rings. The molecule has 0 amide bonds. The molecule has 5 aromatic rings. The molecule has 0 unspecified atom stereocenters. The number of nitrogens with one attached hydrogen (secondary N) is 3. The van der Waals surface area contributed by atoms with E-state index >= 15 is 0 Å². The number of fused-ring (bicyclic) bond motifs is 1. The molecule has 0 bridgehead atoms. The summed E-state index contributed by atoms with van der Waals surface area (Å²) in [6.45, 7) is 8.20. The van der Waals surface area contributed by atoms with Gasteiger partial charge in [-0.2, -0.15) is 10.1 Å². The van der Waals surface area contributed by atoms with Crippen LogP contribution in [0.25, 0.3) is 22.0 Å². The molecular formula is C30H34BrClN9OP. The van der Waals surface area contributed by atoms with E-state index < -0.39 is 7.92 Å². The minimum absolute atomic E-state index is 0. The molecule has 0 saturated carbocycles. The summed E-state index contributed by atoms with van der Waals surface area (Å²) in [6.07, 6.45) is 7.55. The average molecular weight is 683 g/mol. The molecule has 0 atom stereocenters. The second-order valence-corrected chi connectivity index (χ2v) is 13.4. The fraction of sp³-hybridized carbons (Fsp3) is 0.267. The second kappa shape index (κ2) is 13.4. The Morgan fingerprint density at radius 3 is 2.51 bits per heavy atom. The number of methoxy groups -OCH3 is 1. The third kappa shape index (κ3) is 6.55. The molecule has 10 nitrogen and oxygen atoms in total. The SMILES string of the molecule is COc1cc(N2CCNCC2)c(-c2cnn(C)c2)cc1Nc1ncc(Br)c(Nc2cnc3ccccc3c2P(C)C)n1.Cl. The first kappa shape index (κ1) is 30.9. The Bertz CT molecular complexity index is 1740. The molecule has 3 aromatic heterocycles. The van der Waals surface area contributed by atoms with Gasteiger partial charge in [0.2, 0.25) is 5.95 Å². The van der Waals surface area contributed by atoms with Crippen LogP contribution in [0.4, 0.5) is 28.8 Å². The van der Waals surface area contributed by atoms with E-state index in [1.165, 1.54) is 5.30 Å². The van der Waals surface area contributed by atoms with E-state index in [1.807, 2.05) is 42.5 Å². The summed E-state index contributed by atoms with van der Waals surface area (Å²) in [5.74, 6) is 1.80. The number of anilines is 5. The van der Waals surface area contributed by atoms with Gasteiger partial charge < -0.3 is 25.6 Å². The van der Waals surface area contributed by atoms with Crippen molar-refractivity contribution in [3.63, 3.8) is 0 Å². The standard InChI is InChI=1S/C30H33BrN9OP.ClH/c1-39-18-19(15-35-39)21-13-24(27(41-2)14-26(21)40-11-9-32-10-12-40)37-30-34-16-22(31)29(38-30)36-25-17-33-23-8-6-5-7-20(23)28(25)42(3)4;/h5-8,13-18,32H,9-12H2,1-4H3,(H2,34,36,37,38);1H. The zero-order valence-corrected chi connectivity index (χ0v) is 27.7. The maximum atomic E-state index is 5.87. The number of para-hydroxylation sites is 1. The lowest BCUT2D eigenvalue weighted by atomic mass is 10.0. The lowest BCUT2D eigenvalue weighted by molar-refractivity contribution is 0.416. The van der Waals surface area contributed by atoms with Gasteiger partial charge in [0.25, 0.3) is 0 Å². The van der Waals surface area contributed by atoms with Crippen molar-refractivity contribution in [3.05, 3.63) is 65.7 Å². The number of nitrogens with zero attached hydrogens (tertiary/aromatic N) is 6. The summed E-state index contributed by atoms with van der Waals surface area (Å²) in [5, 5.41) is 17.2. The largest absolute Gasteiger partial charge is 0.494 e. The molecule has 2 aromatic carbocycles. The molecule has 13 heteroatoms. The van der Waals surface area contributed by atoms with Crippen molar-refractivity contribution in [2.24, 2.45) is 7.05 Å². The van der Waals surface area contributed by atoms with Gasteiger partial charge in [0.15, 0.2) is 0 Å². The number of rotatable bonds is 8. The van der Waals surface area contributed by atoms with Crippen molar-refractivity contribution in [2.45, 2.75) is 0 Å². The quantitative estimate of drug-likeness (QED) is 0.173. The van der Waals surface area contributed by atoms with Crippen molar-refractivity contribution in [1.29, 1.82) is 0 Å². The molecule has 1 saturated heterocycles. The van der Waals surface area contributed by atoms with E-state index in [0.29, 0.717) is 17.5 Å². The zero-order chi connectivity index (χ0) is 29.2. The first-order chi connectivity index (χ1) is 20.4. The number of hydrogen-bond donors (Lipinski definition) is 3. The van der Waals surface area contributed by atoms with Crippen LogP contribution >= 0.6 is 36.3 Å². The highest BCUT2D eigenvalue weighted by Gasteiger charge is 2.21. The number of hydrogen-bond acceptors (Lipinski definition) is 9. The number of benzene rings is 2. The Balaban J connectivity index is 0.00000368. The predicted molar refractivity (Wildman–Crippen MR) is 184 cm³/mol. The van der Waals surface area contributed by atoms with Gasteiger partial charge in [-0.15, -0.1) is 12.4 Å². The highest BCUT2D eigenvalue weighted by atomic mass is 79.9. The molecule has 1 aliphatic heterocycles. The molecule has 0 aliphatic carbocycles. The molecule has 43 heavy (non-hydrogen) atoms. The van der Waals surface area contributed by atoms with Crippen LogP contribution < -0.4 is 30.9 Å². The summed E-state index contributed by atoms with van der Waals surface area (Å²) < 4.78 is 8.43. The van der Waals surface area contributed by atoms with Gasteiger partial charge in [0.1, 0.15) is 11.6 Å². The molecule has 3 N–H and O–H groups in total. The van der Waals surface area contributed by atoms with Gasteiger partial charge in [0.05, 0.1) is 40.9 Å². The van der Waals surface area contributed by atoms with Crippen LogP contribution in [0.5, 0.6) is 5.75 Å². The first-order valence-corrected chi connectivity index (χ1v) is 16.7. The van der Waals surface area contributed by atoms with Crippen LogP contribution in [0.3, 0.4) is 0 Å². The molecule has 224 valence electrons. The predicted octanol–water partition coefficient (Wildman–Crippen LogP) is 5.88. The monoisotopic (exact) mass is 681 g/mol. The van der Waals surface area contributed by atoms with E-state index in [0.717, 1.165) is 69.7 Å². The molecule has 0 radical (unpaired) electrons. The minimum Gasteiger partial charge on any atom is -0.494 e. The van der Waals surface area contributed by atoms with E-state index in [2.05, 4.69) is 84.5 Å². The van der Waals surface area contributed by atoms with E-state index in [1.54, 1.807) is 13.3 Å². The third-order valence-corrected chi connectivity index (χ3v) is 9.19. The molecule has 4 heterocycles. The fourth-order valence-corrected chi connectivity index (χ4v) is 6.81. The van der Waals surface area contributed by atoms with Gasteiger partial charge in [-0.3, -0.25) is 9.67 Å². The number of aryl methyl sites for hydroxylation is 1. The first-order valence-electron chi connectivity index (χ1n) is 13.7. The second-order valence-electron chi connectivity index (χ2n) is 10.3. The number of ether oxygens (including phenoxy) is 1. The van der Waals surface area contributed by atoms with E-state index in [-0.39, 0.29) is 12.4 Å². The Hall–Kier alpha value is -3.50. The summed E-state index contributed by atoms with van der Waals surface area (Å²) in [4.78, 5) is 16.5. The zero-order valence-electron chi connectivity index (χ0n) is 24.4. The Morgan fingerprint density at radius 2 is 1.79 bits per heavy atom. The van der Waals surface area contributed by atoms with Gasteiger partial charge >= 0.3 is 0 Å². The normalized spacial score (nSPS) is 13.2. The highest BCUT2D eigenvalue weighted by molar-refractivity contribution is 9.10. The molecular weight excluding hydrogens is 649 g/mol. The van der Waals surface area contributed by atoms with Gasteiger partial charge in [0, 0.05) is 79.2 Å². The van der Waals surface area contributed by atoms with Gasteiger partial charge in [-0.1, -0.05) is 26.1 Å². The molecule has 0 spiro atoms. The number of piperazine rings is 1. The number of aromatic nitrogens is 5. The third-order valence-electron chi connectivity index (χ3n) is 7.23. The van der Waals surface area contributed by atoms with E-state index in [9.17, 15) is 0 Å². The van der Waals surface area contributed by atoms with Crippen LogP contribution in [0.2, 0.25) is 0 Å². The maximum absolute atomic E-state index is 5.87. The topological polar surface area (TPSA) is 105 Å². The van der Waals surface area contributed by atoms with Crippen LogP contribution in [0, 0.1) is 0 Å². The van der Waals surface area contributed by atoms with Gasteiger partial charge in [-0.05, 0) is 41.4 Å². The molecule has 6 rings (SSSR count). The van der Waals surface area contributed by atoms with E-state index in [4.69, 9.17) is 14.7 Å². The van der Waals surface area contributed by atoms with Crippen molar-refractivity contribution in [1.82, 2.24) is 30.0 Å².